The molecule has 3 fully saturated rings. The number of rotatable bonds is 24. The number of nitrogens with zero attached hydrogens (tertiary/aromatic N) is 4. The fourth-order valence-corrected chi connectivity index (χ4v) is 11.8. The third-order valence-corrected chi connectivity index (χ3v) is 16.9. The van der Waals surface area contributed by atoms with Gasteiger partial charge in [0.2, 0.25) is 35.4 Å². The lowest BCUT2D eigenvalue weighted by atomic mass is 9.98. The van der Waals surface area contributed by atoms with Crippen LogP contribution in [0.3, 0.4) is 0 Å². The van der Waals surface area contributed by atoms with E-state index in [1.807, 2.05) is 24.3 Å². The van der Waals surface area contributed by atoms with Crippen molar-refractivity contribution in [3.63, 3.8) is 0 Å². The van der Waals surface area contributed by atoms with E-state index in [-0.39, 0.29) is 48.7 Å². The molecule has 492 valence electrons. The van der Waals surface area contributed by atoms with Gasteiger partial charge in [-0.3, -0.25) is 33.6 Å². The number of carbonyl (C=O) groups excluding carboxylic acids is 7. The third-order valence-electron chi connectivity index (χ3n) is 15.5. The molecule has 7 rings (SSSR count). The van der Waals surface area contributed by atoms with E-state index in [0.717, 1.165) is 72.8 Å². The zero-order chi connectivity index (χ0) is 65.2. The molecule has 1 aromatic heterocycles. The van der Waals surface area contributed by atoms with E-state index in [4.69, 9.17) is 24.6 Å². The summed E-state index contributed by atoms with van der Waals surface area (Å²) in [5.41, 5.74) is 7.33. The van der Waals surface area contributed by atoms with Crippen molar-refractivity contribution in [2.75, 3.05) is 46.5 Å². The van der Waals surface area contributed by atoms with E-state index < -0.39 is 158 Å². The highest BCUT2D eigenvalue weighted by molar-refractivity contribution is 7.90. The number of methoxy groups -OCH3 is 1. The second-order valence-corrected chi connectivity index (χ2v) is 23.7. The molecule has 3 aromatic carbocycles. The first-order chi connectivity index (χ1) is 43.1. The van der Waals surface area contributed by atoms with Crippen LogP contribution < -0.4 is 41.2 Å². The molecule has 0 aliphatic carbocycles. The Balaban J connectivity index is 1.14. The number of phenols is 1. The number of nitrogens with one attached hydrogen (secondary N) is 5. The summed E-state index contributed by atoms with van der Waals surface area (Å²) in [4.78, 5) is 103. The summed E-state index contributed by atoms with van der Waals surface area (Å²) in [6.45, 7) is 2.20. The van der Waals surface area contributed by atoms with Crippen molar-refractivity contribution in [2.24, 2.45) is 11.7 Å². The molecule has 7 amide bonds. The monoisotopic (exact) mass is 1300 g/mol. The smallest absolute Gasteiger partial charge is 0.261 e. The summed E-state index contributed by atoms with van der Waals surface area (Å²) >= 11 is 1.38. The van der Waals surface area contributed by atoms with Gasteiger partial charge in [-0.25, -0.2) is 5.26 Å². The Bertz CT molecular complexity index is 3060. The molecular formula is C58H78N10O20S2. The summed E-state index contributed by atoms with van der Waals surface area (Å²) in [5, 5.41) is 113. The van der Waals surface area contributed by atoms with Crippen LogP contribution in [0.15, 0.2) is 66.7 Å². The van der Waals surface area contributed by atoms with Gasteiger partial charge in [-0.15, -0.1) is 10.2 Å². The number of unbranched alkanes of at least 4 members (excludes halogenated alkanes) is 4. The van der Waals surface area contributed by atoms with Gasteiger partial charge in [0.25, 0.3) is 18.2 Å². The summed E-state index contributed by atoms with van der Waals surface area (Å²) < 4.78 is 20.4. The fraction of sp³-hybridized carbons (Fsp3) is 0.534. The number of amides is 7. The van der Waals surface area contributed by atoms with Gasteiger partial charge in [0.05, 0.1) is 43.2 Å². The number of aliphatic hydroxyl groups excluding tert-OH is 6. The number of hydrogen-bond donors (Lipinski definition) is 14. The normalized spacial score (nSPS) is 25.0. The number of aromatic nitrogens is 2. The Hall–Kier alpha value is -7.18. The number of benzene rings is 3. The molecule has 0 radical (unpaired) electrons. The van der Waals surface area contributed by atoms with Crippen LogP contribution in [0, 0.1) is 5.92 Å². The Morgan fingerprint density at radius 1 is 0.767 bits per heavy atom. The Morgan fingerprint density at radius 2 is 1.40 bits per heavy atom. The van der Waals surface area contributed by atoms with Gasteiger partial charge in [-0.1, -0.05) is 65.1 Å². The van der Waals surface area contributed by atoms with Crippen LogP contribution in [0.4, 0.5) is 0 Å². The Morgan fingerprint density at radius 3 is 2.06 bits per heavy atom. The molecule has 4 heterocycles. The highest BCUT2D eigenvalue weighted by Gasteiger charge is 2.50. The van der Waals surface area contributed by atoms with Crippen LogP contribution in [0.25, 0.3) is 21.1 Å². The third kappa shape index (κ3) is 18.7. The zero-order valence-electron chi connectivity index (χ0n) is 49.6. The lowest BCUT2D eigenvalue weighted by molar-refractivity contribution is -0.433. The second-order valence-electron chi connectivity index (χ2n) is 22.3. The molecule has 0 spiro atoms. The fourth-order valence-electron chi connectivity index (χ4n) is 10.7. The standard InChI is InChI=1S/C58H78N10O20S2/c1-30-28-68-48(49(30)75)54(80)60-27-36(70)25-39(61-50(76)33-10-12-34(13-11-33)55-65-66-56(89-55)35-14-16-38(17-15-35)85-22-8-6-4-5-7-21-84-3)51(77)62-45(31(2)69)57(81)67-29-37(71)26-40(67)52(78)63-46(53(79)64-47(58(68)82)42(73)19-20-59)43(74)23-32-9-18-41(72)44(24-32)86-90-88-87-83/h9-18,24,30-31,36-37,39-40,42-43,45-49,69-75,83H,4-8,19-23,25-29,59H2,1-3H3,(H,60,80)(H,61,76)(H,62,77)(H,63,78)(H,64,79)/t30-,31-,36+,37-,39+,40+,42-,43-,45+,46+,47+,48+,49+/m1/s1. The molecule has 15 N–H and O–H groups in total. The molecule has 30 nitrogen and oxygen atoms in total. The molecule has 32 heteroatoms. The SMILES string of the molecule is COCCCCCCCOc1ccc(-c2nnc(-c3ccc(C(=O)N[C@H]4C[C@H](O)CNC(=O)[C@@H]5[C@@H](O)[C@H](C)CN5C(=O)[C@H]([C@H](O)CCN)NC(=O)[C@H]([C@H](O)Cc5ccc(O)c(OSOOO)c5)NC(=O)[C@@H]5C[C@@H](O)CN5C(=O)[C@H]([C@@H](C)O)NC4=O)cc3)s2)cc1. The summed E-state index contributed by atoms with van der Waals surface area (Å²) in [6, 6.07) is 6.02. The summed E-state index contributed by atoms with van der Waals surface area (Å²) in [5.74, 6) is -8.61. The van der Waals surface area contributed by atoms with E-state index in [9.17, 15) is 69.3 Å². The number of ether oxygens (including phenoxy) is 2. The quantitative estimate of drug-likeness (QED) is 0.0177. The van der Waals surface area contributed by atoms with E-state index >= 15 is 0 Å². The van der Waals surface area contributed by atoms with Crippen molar-refractivity contribution in [3.8, 4) is 38.4 Å². The molecule has 3 saturated heterocycles. The van der Waals surface area contributed by atoms with Crippen LogP contribution in [0.5, 0.6) is 17.2 Å². The summed E-state index contributed by atoms with van der Waals surface area (Å²) in [6.07, 6.45) is -7.00. The molecule has 0 saturated carbocycles. The van der Waals surface area contributed by atoms with Gasteiger partial charge in [0, 0.05) is 75.2 Å². The van der Waals surface area contributed by atoms with Crippen LogP contribution >= 0.6 is 23.7 Å². The van der Waals surface area contributed by atoms with E-state index in [0.29, 0.717) is 22.2 Å². The predicted octanol–water partition coefficient (Wildman–Crippen LogP) is -0.786. The zero-order valence-corrected chi connectivity index (χ0v) is 51.3. The maximum atomic E-state index is 14.7. The minimum absolute atomic E-state index is 0.0207. The van der Waals surface area contributed by atoms with Crippen LogP contribution in [0.1, 0.15) is 81.1 Å². The Labute approximate surface area is 526 Å². The first-order valence-electron chi connectivity index (χ1n) is 29.3. The molecule has 0 unspecified atom stereocenters. The second kappa shape index (κ2) is 33.8. The molecular weight excluding hydrogens is 1220 g/mol. The van der Waals surface area contributed by atoms with Gasteiger partial charge in [-0.05, 0) is 86.8 Å². The van der Waals surface area contributed by atoms with E-state index in [1.54, 1.807) is 19.2 Å². The first kappa shape index (κ1) is 70.3. The molecule has 13 atom stereocenters. The number of aromatic hydroxyl groups is 1. The number of fused-ring (bicyclic) bond motifs is 2. The molecule has 3 aliphatic rings. The van der Waals surface area contributed by atoms with Crippen LogP contribution in [0.2, 0.25) is 0 Å². The Kier molecular flexibility index (Phi) is 26.4. The van der Waals surface area contributed by atoms with Gasteiger partial charge >= 0.3 is 0 Å². The van der Waals surface area contributed by atoms with Crippen molar-refractivity contribution >= 4 is 65.0 Å². The highest BCUT2D eigenvalue weighted by atomic mass is 32.2. The number of β-amino-alcohol motifs (C(OH)–C–C–N with tert-alkyl or cyclic N) is 1. The average Bonchev–Trinajstić information content (AvgIpc) is 1.79. The summed E-state index contributed by atoms with van der Waals surface area (Å²) in [7, 11) is 1.70. The van der Waals surface area contributed by atoms with Crippen molar-refractivity contribution < 1.29 is 97.6 Å². The van der Waals surface area contributed by atoms with Gasteiger partial charge in [-0.2, -0.15) is 0 Å². The van der Waals surface area contributed by atoms with E-state index in [1.165, 1.54) is 42.5 Å². The maximum Gasteiger partial charge on any atom is 0.261 e. The molecule has 90 heavy (non-hydrogen) atoms. The number of phenolic OH excluding ortho intramolecular Hbond substituents is 1. The first-order valence-corrected chi connectivity index (χ1v) is 30.8. The van der Waals surface area contributed by atoms with Crippen molar-refractivity contribution in [3.05, 3.63) is 77.9 Å². The van der Waals surface area contributed by atoms with Gasteiger partial charge in [0.1, 0.15) is 52.0 Å². The minimum atomic E-state index is -2.11. The van der Waals surface area contributed by atoms with Gasteiger partial charge < -0.3 is 91.5 Å². The van der Waals surface area contributed by atoms with Crippen LogP contribution in [-0.2, 0) is 49.3 Å². The topological polar surface area (TPSA) is 446 Å². The van der Waals surface area contributed by atoms with Crippen molar-refractivity contribution in [2.45, 2.75) is 145 Å². The van der Waals surface area contributed by atoms with Crippen molar-refractivity contribution in [1.29, 1.82) is 0 Å². The molecule has 3 aliphatic heterocycles. The van der Waals surface area contributed by atoms with E-state index in [2.05, 4.69) is 46.2 Å². The molecule has 0 bridgehead atoms. The predicted molar refractivity (Wildman–Crippen MR) is 321 cm³/mol. The lowest BCUT2D eigenvalue weighted by Gasteiger charge is -2.34. The number of hydrogen-bond acceptors (Lipinski definition) is 25. The van der Waals surface area contributed by atoms with Gasteiger partial charge in [0.15, 0.2) is 11.5 Å². The number of carbonyl (C=O) groups is 7. The highest BCUT2D eigenvalue weighted by Crippen LogP contribution is 2.33. The lowest BCUT2D eigenvalue weighted by Crippen LogP contribution is -2.64. The number of aliphatic hydroxyl groups is 6. The maximum absolute atomic E-state index is 14.7. The van der Waals surface area contributed by atoms with Crippen molar-refractivity contribution in [1.82, 2.24) is 46.6 Å². The largest absolute Gasteiger partial charge is 0.504 e. The molecule has 4 aromatic rings. The number of nitrogens with two attached hydrogens (primary N) is 1. The minimum Gasteiger partial charge on any atom is -0.504 e. The van der Waals surface area contributed by atoms with Crippen LogP contribution in [-0.4, -0.2) is 222 Å². The average molecular weight is 1300 g/mol.